The van der Waals surface area contributed by atoms with Crippen molar-refractivity contribution >= 4 is 22.5 Å². The molecule has 0 bridgehead atoms. The van der Waals surface area contributed by atoms with E-state index in [1.807, 2.05) is 54.6 Å². The minimum absolute atomic E-state index is 0.115. The molecule has 0 aliphatic heterocycles. The monoisotopic (exact) mass is 414 g/mol. The predicted octanol–water partition coefficient (Wildman–Crippen LogP) is 3.42. The molecule has 0 fully saturated rings. The van der Waals surface area contributed by atoms with E-state index in [2.05, 4.69) is 10.3 Å². The first-order chi connectivity index (χ1) is 15.2. The number of fused-ring (bicyclic) bond motifs is 1. The van der Waals surface area contributed by atoms with E-state index in [0.717, 1.165) is 11.3 Å². The fourth-order valence-corrected chi connectivity index (χ4v) is 3.36. The van der Waals surface area contributed by atoms with E-state index >= 15 is 0 Å². The van der Waals surface area contributed by atoms with Crippen molar-refractivity contribution in [1.82, 2.24) is 15.0 Å². The summed E-state index contributed by atoms with van der Waals surface area (Å²) in [6, 6.07) is 24.1. The first kappa shape index (κ1) is 20.3. The standard InChI is InChI=1S/C24H22N4O3/c1-31-20-13-11-19(12-14-20)27(17-18-7-3-2-4-8-18)23(29)15-16-28-24(30)21-9-5-6-10-22(21)25-26-28/h2-14H,15-17H2,1H3. The summed E-state index contributed by atoms with van der Waals surface area (Å²) in [5.74, 6) is 0.602. The lowest BCUT2D eigenvalue weighted by atomic mass is 10.1. The molecule has 156 valence electrons. The molecule has 7 nitrogen and oxygen atoms in total. The van der Waals surface area contributed by atoms with Crippen LogP contribution in [0.2, 0.25) is 0 Å². The molecule has 0 atom stereocenters. The fraction of sp³-hybridized carbons (Fsp3) is 0.167. The second-order valence-electron chi connectivity index (χ2n) is 7.05. The van der Waals surface area contributed by atoms with Crippen LogP contribution >= 0.6 is 0 Å². The molecule has 0 radical (unpaired) electrons. The molecule has 7 heteroatoms. The van der Waals surface area contributed by atoms with Gasteiger partial charge in [-0.3, -0.25) is 9.59 Å². The topological polar surface area (TPSA) is 77.3 Å². The molecule has 0 aliphatic rings. The number of anilines is 1. The lowest BCUT2D eigenvalue weighted by Crippen LogP contribution is -2.33. The van der Waals surface area contributed by atoms with E-state index in [-0.39, 0.29) is 24.4 Å². The second kappa shape index (κ2) is 9.21. The van der Waals surface area contributed by atoms with Gasteiger partial charge >= 0.3 is 0 Å². The number of hydrogen-bond acceptors (Lipinski definition) is 5. The van der Waals surface area contributed by atoms with Gasteiger partial charge in [-0.15, -0.1) is 5.10 Å². The molecule has 3 aromatic carbocycles. The third-order valence-electron chi connectivity index (χ3n) is 5.04. The number of amides is 1. The Hall–Kier alpha value is -4.00. The number of methoxy groups -OCH3 is 1. The van der Waals surface area contributed by atoms with Gasteiger partial charge in [-0.1, -0.05) is 47.7 Å². The van der Waals surface area contributed by atoms with Gasteiger partial charge in [-0.05, 0) is 42.0 Å². The van der Waals surface area contributed by atoms with Crippen LogP contribution in [0.3, 0.4) is 0 Å². The molecular formula is C24H22N4O3. The Labute approximate surface area is 179 Å². The van der Waals surface area contributed by atoms with E-state index in [4.69, 9.17) is 4.74 Å². The Bertz CT molecular complexity index is 1240. The van der Waals surface area contributed by atoms with Gasteiger partial charge in [0.15, 0.2) is 0 Å². The van der Waals surface area contributed by atoms with E-state index in [9.17, 15) is 9.59 Å². The predicted molar refractivity (Wildman–Crippen MR) is 119 cm³/mol. The largest absolute Gasteiger partial charge is 0.497 e. The zero-order valence-electron chi connectivity index (χ0n) is 17.1. The highest BCUT2D eigenvalue weighted by atomic mass is 16.5. The van der Waals surface area contributed by atoms with Gasteiger partial charge in [0.2, 0.25) is 5.91 Å². The molecule has 4 aromatic rings. The van der Waals surface area contributed by atoms with Gasteiger partial charge in [0.25, 0.3) is 5.56 Å². The van der Waals surface area contributed by atoms with Gasteiger partial charge in [0.05, 0.1) is 25.6 Å². The highest BCUT2D eigenvalue weighted by Crippen LogP contribution is 2.22. The second-order valence-corrected chi connectivity index (χ2v) is 7.05. The number of nitrogens with zero attached hydrogens (tertiary/aromatic N) is 4. The number of ether oxygens (including phenoxy) is 1. The van der Waals surface area contributed by atoms with Crippen LogP contribution in [0.1, 0.15) is 12.0 Å². The lowest BCUT2D eigenvalue weighted by molar-refractivity contribution is -0.119. The Morgan fingerprint density at radius 3 is 2.42 bits per heavy atom. The molecule has 1 aromatic heterocycles. The zero-order chi connectivity index (χ0) is 21.6. The van der Waals surface area contributed by atoms with Gasteiger partial charge in [-0.25, -0.2) is 4.68 Å². The van der Waals surface area contributed by atoms with Crippen molar-refractivity contribution in [2.75, 3.05) is 12.0 Å². The van der Waals surface area contributed by atoms with E-state index in [1.165, 1.54) is 4.68 Å². The molecule has 0 saturated heterocycles. The summed E-state index contributed by atoms with van der Waals surface area (Å²) in [6.45, 7) is 0.571. The van der Waals surface area contributed by atoms with Gasteiger partial charge < -0.3 is 9.64 Å². The Morgan fingerprint density at radius 1 is 0.968 bits per heavy atom. The SMILES string of the molecule is COc1ccc(N(Cc2ccccc2)C(=O)CCn2nnc3ccccc3c2=O)cc1. The van der Waals surface area contributed by atoms with Crippen LogP contribution in [0.25, 0.3) is 10.9 Å². The minimum Gasteiger partial charge on any atom is -0.497 e. The number of benzene rings is 3. The Balaban J connectivity index is 1.56. The Morgan fingerprint density at radius 2 is 1.68 bits per heavy atom. The fourth-order valence-electron chi connectivity index (χ4n) is 3.36. The van der Waals surface area contributed by atoms with Crippen molar-refractivity contribution in [3.05, 3.63) is 94.8 Å². The Kier molecular flexibility index (Phi) is 6.03. The summed E-state index contributed by atoms with van der Waals surface area (Å²) in [5, 5.41) is 8.56. The molecule has 4 rings (SSSR count). The molecule has 0 saturated carbocycles. The summed E-state index contributed by atoms with van der Waals surface area (Å²) < 4.78 is 6.47. The number of carbonyl (C=O) groups is 1. The number of hydrogen-bond donors (Lipinski definition) is 0. The van der Waals surface area contributed by atoms with Crippen LogP contribution in [0, 0.1) is 0 Å². The normalized spacial score (nSPS) is 10.7. The summed E-state index contributed by atoms with van der Waals surface area (Å²) in [7, 11) is 1.60. The van der Waals surface area contributed by atoms with Gasteiger partial charge in [-0.2, -0.15) is 0 Å². The minimum atomic E-state index is -0.252. The van der Waals surface area contributed by atoms with E-state index in [0.29, 0.717) is 23.2 Å². The van der Waals surface area contributed by atoms with Crippen LogP contribution in [0.5, 0.6) is 5.75 Å². The van der Waals surface area contributed by atoms with Crippen molar-refractivity contribution < 1.29 is 9.53 Å². The smallest absolute Gasteiger partial charge is 0.277 e. The van der Waals surface area contributed by atoms with Crippen molar-refractivity contribution in [2.45, 2.75) is 19.5 Å². The molecule has 0 unspecified atom stereocenters. The summed E-state index contributed by atoms with van der Waals surface area (Å²) in [4.78, 5) is 27.5. The zero-order valence-corrected chi connectivity index (χ0v) is 17.1. The molecule has 0 aliphatic carbocycles. The maximum absolute atomic E-state index is 13.2. The summed E-state index contributed by atoms with van der Waals surface area (Å²) in [6.07, 6.45) is 0.117. The average molecular weight is 414 g/mol. The molecule has 1 amide bonds. The molecule has 1 heterocycles. The number of aryl methyl sites for hydroxylation is 1. The van der Waals surface area contributed by atoms with Crippen LogP contribution in [-0.4, -0.2) is 28.0 Å². The number of carbonyl (C=O) groups excluding carboxylic acids is 1. The van der Waals surface area contributed by atoms with Crippen LogP contribution in [0.15, 0.2) is 83.7 Å². The molecule has 0 spiro atoms. The van der Waals surface area contributed by atoms with Crippen LogP contribution < -0.4 is 15.2 Å². The van der Waals surface area contributed by atoms with E-state index in [1.54, 1.807) is 36.3 Å². The number of rotatable bonds is 7. The van der Waals surface area contributed by atoms with E-state index < -0.39 is 0 Å². The molecule has 31 heavy (non-hydrogen) atoms. The third kappa shape index (κ3) is 4.61. The molecule has 0 N–H and O–H groups in total. The lowest BCUT2D eigenvalue weighted by Gasteiger charge is -2.23. The first-order valence-electron chi connectivity index (χ1n) is 9.96. The average Bonchev–Trinajstić information content (AvgIpc) is 2.83. The maximum Gasteiger partial charge on any atom is 0.277 e. The van der Waals surface area contributed by atoms with Gasteiger partial charge in [0, 0.05) is 12.1 Å². The number of aromatic nitrogens is 3. The van der Waals surface area contributed by atoms with Crippen molar-refractivity contribution in [2.24, 2.45) is 0 Å². The quantitative estimate of drug-likeness (QED) is 0.463. The first-order valence-corrected chi connectivity index (χ1v) is 9.96. The van der Waals surface area contributed by atoms with Crippen molar-refractivity contribution in [3.8, 4) is 5.75 Å². The summed E-state index contributed by atoms with van der Waals surface area (Å²) in [5.41, 5.74) is 2.05. The highest BCUT2D eigenvalue weighted by Gasteiger charge is 2.17. The van der Waals surface area contributed by atoms with Crippen molar-refractivity contribution in [1.29, 1.82) is 0 Å². The van der Waals surface area contributed by atoms with Gasteiger partial charge in [0.1, 0.15) is 11.3 Å². The summed E-state index contributed by atoms with van der Waals surface area (Å²) >= 11 is 0. The van der Waals surface area contributed by atoms with Crippen molar-refractivity contribution in [3.63, 3.8) is 0 Å². The highest BCUT2D eigenvalue weighted by molar-refractivity contribution is 5.93. The van der Waals surface area contributed by atoms with Crippen LogP contribution in [0.4, 0.5) is 5.69 Å². The third-order valence-corrected chi connectivity index (χ3v) is 5.04. The maximum atomic E-state index is 13.2. The van der Waals surface area contributed by atoms with Crippen LogP contribution in [-0.2, 0) is 17.9 Å². The molecular weight excluding hydrogens is 392 g/mol.